The Bertz CT molecular complexity index is 922. The Hall–Kier alpha value is -3.15. The lowest BCUT2D eigenvalue weighted by atomic mass is 10.2. The number of benzene rings is 1. The smallest absolute Gasteiger partial charge is 0.274 e. The Morgan fingerprint density at radius 3 is 2.91 bits per heavy atom. The molecule has 2 heterocycles. The van der Waals surface area contributed by atoms with Gasteiger partial charge in [-0.3, -0.25) is 9.59 Å². The number of hydrazone groups is 1. The van der Waals surface area contributed by atoms with Crippen LogP contribution in [-0.2, 0) is 0 Å². The number of H-pyrrole nitrogens is 1. The first-order valence-electron chi connectivity index (χ1n) is 6.65. The zero-order valence-corrected chi connectivity index (χ0v) is 11.8. The normalized spacial score (nSPS) is 11.1. The van der Waals surface area contributed by atoms with E-state index in [0.29, 0.717) is 16.9 Å². The molecule has 0 fully saturated rings. The molecule has 0 aliphatic rings. The minimum absolute atomic E-state index is 0.267. The van der Waals surface area contributed by atoms with Crippen LogP contribution >= 0.6 is 0 Å². The van der Waals surface area contributed by atoms with Gasteiger partial charge in [-0.25, -0.2) is 5.43 Å². The van der Waals surface area contributed by atoms with E-state index in [1.165, 1.54) is 12.5 Å². The molecule has 1 aromatic carbocycles. The van der Waals surface area contributed by atoms with E-state index in [-0.39, 0.29) is 11.5 Å². The van der Waals surface area contributed by atoms with Gasteiger partial charge in [0.25, 0.3) is 11.5 Å². The fourth-order valence-electron chi connectivity index (χ4n) is 2.10. The molecule has 0 saturated carbocycles. The van der Waals surface area contributed by atoms with Crippen molar-refractivity contribution in [1.82, 2.24) is 10.4 Å². The lowest BCUT2D eigenvalue weighted by Gasteiger charge is -1.99. The summed E-state index contributed by atoms with van der Waals surface area (Å²) >= 11 is 0. The molecule has 0 aliphatic heterocycles. The predicted octanol–water partition coefficient (Wildman–Crippen LogP) is 2.19. The second kappa shape index (κ2) is 5.69. The molecule has 2 N–H and O–H groups in total. The highest BCUT2D eigenvalue weighted by molar-refractivity contribution is 5.96. The first-order chi connectivity index (χ1) is 10.6. The molecule has 3 rings (SSSR count). The molecule has 0 radical (unpaired) electrons. The number of nitrogens with one attached hydrogen (secondary N) is 2. The van der Waals surface area contributed by atoms with Gasteiger partial charge in [-0.2, -0.15) is 5.10 Å². The fraction of sp³-hybridized carbons (Fsp3) is 0.0625. The molecule has 22 heavy (non-hydrogen) atoms. The number of hydrogen-bond donors (Lipinski definition) is 2. The van der Waals surface area contributed by atoms with Crippen molar-refractivity contribution in [2.24, 2.45) is 5.10 Å². The molecule has 0 unspecified atom stereocenters. The van der Waals surface area contributed by atoms with Crippen molar-refractivity contribution in [1.29, 1.82) is 0 Å². The Balaban J connectivity index is 1.81. The number of furan rings is 1. The van der Waals surface area contributed by atoms with E-state index in [1.54, 1.807) is 19.1 Å². The molecular formula is C16H13N3O3. The maximum absolute atomic E-state index is 11.9. The molecule has 0 spiro atoms. The monoisotopic (exact) mass is 295 g/mol. The van der Waals surface area contributed by atoms with Gasteiger partial charge in [0.05, 0.1) is 23.6 Å². The summed E-state index contributed by atoms with van der Waals surface area (Å²) in [4.78, 5) is 26.5. The van der Waals surface area contributed by atoms with Crippen LogP contribution in [0.15, 0.2) is 57.0 Å². The summed E-state index contributed by atoms with van der Waals surface area (Å²) < 4.78 is 5.05. The third-order valence-electron chi connectivity index (χ3n) is 3.26. The molecular weight excluding hydrogens is 282 g/mol. The number of aryl methyl sites for hydroxylation is 1. The second-order valence-corrected chi connectivity index (χ2v) is 4.73. The van der Waals surface area contributed by atoms with Crippen molar-refractivity contribution in [2.75, 3.05) is 0 Å². The molecule has 6 heteroatoms. The van der Waals surface area contributed by atoms with E-state index in [0.717, 1.165) is 10.9 Å². The van der Waals surface area contributed by atoms with Gasteiger partial charge in [0.1, 0.15) is 5.76 Å². The van der Waals surface area contributed by atoms with Gasteiger partial charge in [-0.05, 0) is 30.5 Å². The molecule has 0 aliphatic carbocycles. The number of fused-ring (bicyclic) bond motifs is 1. The summed E-state index contributed by atoms with van der Waals surface area (Å²) in [6.45, 7) is 1.69. The number of aromatic amines is 1. The third kappa shape index (κ3) is 2.67. The molecule has 110 valence electrons. The zero-order valence-electron chi connectivity index (χ0n) is 11.8. The summed E-state index contributed by atoms with van der Waals surface area (Å²) in [6, 6.07) is 10.7. The van der Waals surface area contributed by atoms with Crippen molar-refractivity contribution >= 4 is 23.0 Å². The van der Waals surface area contributed by atoms with E-state index in [2.05, 4.69) is 15.5 Å². The molecule has 0 bridgehead atoms. The van der Waals surface area contributed by atoms with Gasteiger partial charge in [0.2, 0.25) is 0 Å². The third-order valence-corrected chi connectivity index (χ3v) is 3.26. The van der Waals surface area contributed by atoms with E-state index in [9.17, 15) is 9.59 Å². The highest BCUT2D eigenvalue weighted by atomic mass is 16.3. The lowest BCUT2D eigenvalue weighted by Crippen LogP contribution is -2.19. The van der Waals surface area contributed by atoms with Crippen LogP contribution in [-0.4, -0.2) is 17.1 Å². The van der Waals surface area contributed by atoms with Gasteiger partial charge < -0.3 is 9.40 Å². The van der Waals surface area contributed by atoms with Crippen LogP contribution in [0.5, 0.6) is 0 Å². The number of pyridine rings is 1. The lowest BCUT2D eigenvalue weighted by molar-refractivity contribution is 0.0953. The number of hydrogen-bond acceptors (Lipinski definition) is 4. The molecule has 0 saturated heterocycles. The maximum atomic E-state index is 11.9. The van der Waals surface area contributed by atoms with E-state index < -0.39 is 0 Å². The molecule has 3 aromatic rings. The van der Waals surface area contributed by atoms with Crippen LogP contribution in [0.4, 0.5) is 0 Å². The van der Waals surface area contributed by atoms with E-state index >= 15 is 0 Å². The first-order valence-corrected chi connectivity index (χ1v) is 6.65. The fourth-order valence-corrected chi connectivity index (χ4v) is 2.10. The topological polar surface area (TPSA) is 87.5 Å². The van der Waals surface area contributed by atoms with E-state index in [1.807, 2.05) is 24.3 Å². The summed E-state index contributed by atoms with van der Waals surface area (Å²) in [5, 5.41) is 4.71. The largest absolute Gasteiger partial charge is 0.469 e. The summed E-state index contributed by atoms with van der Waals surface area (Å²) in [7, 11) is 0. The number of nitrogens with zero attached hydrogens (tertiary/aromatic N) is 1. The minimum Gasteiger partial charge on any atom is -0.469 e. The minimum atomic E-state index is -0.389. The number of para-hydroxylation sites is 1. The Kier molecular flexibility index (Phi) is 3.57. The van der Waals surface area contributed by atoms with Gasteiger partial charge in [0, 0.05) is 5.52 Å². The van der Waals surface area contributed by atoms with Crippen molar-refractivity contribution in [3.8, 4) is 0 Å². The second-order valence-electron chi connectivity index (χ2n) is 4.73. The Morgan fingerprint density at radius 2 is 2.14 bits per heavy atom. The van der Waals surface area contributed by atoms with Crippen LogP contribution in [0, 0.1) is 6.92 Å². The first kappa shape index (κ1) is 13.8. The van der Waals surface area contributed by atoms with Crippen LogP contribution in [0.1, 0.15) is 21.7 Å². The molecule has 6 nitrogen and oxygen atoms in total. The van der Waals surface area contributed by atoms with Gasteiger partial charge in [-0.1, -0.05) is 18.2 Å². The molecule has 0 atom stereocenters. The predicted molar refractivity (Wildman–Crippen MR) is 83.1 cm³/mol. The van der Waals surface area contributed by atoms with E-state index in [4.69, 9.17) is 4.42 Å². The van der Waals surface area contributed by atoms with Crippen molar-refractivity contribution in [2.45, 2.75) is 6.92 Å². The zero-order chi connectivity index (χ0) is 15.5. The number of carbonyl (C=O) groups is 1. The van der Waals surface area contributed by atoms with Gasteiger partial charge in [-0.15, -0.1) is 0 Å². The average Bonchev–Trinajstić information content (AvgIpc) is 2.94. The molecule has 1 amide bonds. The SMILES string of the molecule is Cc1occc1C(=O)N/N=C/c1cc2ccccc2[nH]c1=O. The summed E-state index contributed by atoms with van der Waals surface area (Å²) in [5.74, 6) is 0.121. The average molecular weight is 295 g/mol. The number of rotatable bonds is 3. The van der Waals surface area contributed by atoms with Crippen molar-refractivity contribution < 1.29 is 9.21 Å². The van der Waals surface area contributed by atoms with Gasteiger partial charge >= 0.3 is 0 Å². The Labute approximate surface area is 125 Å². The van der Waals surface area contributed by atoms with Crippen LogP contribution < -0.4 is 11.0 Å². The molecule has 2 aromatic heterocycles. The summed E-state index contributed by atoms with van der Waals surface area (Å²) in [6.07, 6.45) is 2.75. The number of aromatic nitrogens is 1. The number of carbonyl (C=O) groups excluding carboxylic acids is 1. The Morgan fingerprint density at radius 1 is 1.32 bits per heavy atom. The highest BCUT2D eigenvalue weighted by Crippen LogP contribution is 2.09. The quantitative estimate of drug-likeness (QED) is 0.573. The maximum Gasteiger partial charge on any atom is 0.274 e. The highest BCUT2D eigenvalue weighted by Gasteiger charge is 2.10. The summed E-state index contributed by atoms with van der Waals surface area (Å²) in [5.41, 5.74) is 3.62. The van der Waals surface area contributed by atoms with Crippen LogP contribution in [0.25, 0.3) is 10.9 Å². The number of amides is 1. The van der Waals surface area contributed by atoms with Crippen LogP contribution in [0.2, 0.25) is 0 Å². The standard InChI is InChI=1S/C16H13N3O3/c1-10-13(6-7-22-10)16(21)19-17-9-12-8-11-4-2-3-5-14(11)18-15(12)20/h2-9H,1H3,(H,18,20)(H,19,21)/b17-9+. The van der Waals surface area contributed by atoms with Crippen molar-refractivity contribution in [3.05, 3.63) is 69.9 Å². The van der Waals surface area contributed by atoms with Gasteiger partial charge in [0.15, 0.2) is 0 Å². The van der Waals surface area contributed by atoms with Crippen molar-refractivity contribution in [3.63, 3.8) is 0 Å². The van der Waals surface area contributed by atoms with Crippen LogP contribution in [0.3, 0.4) is 0 Å².